The molecule has 0 bridgehead atoms. The van der Waals surface area contributed by atoms with Gasteiger partial charge >= 0.3 is 0 Å². The highest BCUT2D eigenvalue weighted by Crippen LogP contribution is 2.27. The molecule has 0 saturated heterocycles. The van der Waals surface area contributed by atoms with E-state index < -0.39 is 0 Å². The monoisotopic (exact) mass is 327 g/mol. The van der Waals surface area contributed by atoms with E-state index in [0.717, 1.165) is 36.7 Å². The minimum Gasteiger partial charge on any atom is -0.384 e. The lowest BCUT2D eigenvalue weighted by atomic mass is 10.2. The Labute approximate surface area is 142 Å². The number of anilines is 1. The highest BCUT2D eigenvalue weighted by molar-refractivity contribution is 5.77. The number of hydrogen-bond acceptors (Lipinski definition) is 4. The minimum atomic E-state index is 0.0602. The van der Waals surface area contributed by atoms with Crippen molar-refractivity contribution in [3.05, 3.63) is 42.1 Å². The van der Waals surface area contributed by atoms with Gasteiger partial charge in [0.1, 0.15) is 5.82 Å². The number of rotatable bonds is 9. The molecule has 4 N–H and O–H groups in total. The van der Waals surface area contributed by atoms with E-state index in [0.29, 0.717) is 18.9 Å². The largest absolute Gasteiger partial charge is 0.384 e. The molecule has 1 amide bonds. The van der Waals surface area contributed by atoms with Crippen LogP contribution in [0.25, 0.3) is 5.69 Å². The van der Waals surface area contributed by atoms with Crippen molar-refractivity contribution in [2.24, 2.45) is 5.92 Å². The van der Waals surface area contributed by atoms with Crippen LogP contribution in [0, 0.1) is 5.92 Å². The van der Waals surface area contributed by atoms with Crippen LogP contribution >= 0.6 is 0 Å². The van der Waals surface area contributed by atoms with Gasteiger partial charge in [0, 0.05) is 12.6 Å². The van der Waals surface area contributed by atoms with Crippen molar-refractivity contribution in [2.75, 3.05) is 25.4 Å². The van der Waals surface area contributed by atoms with Gasteiger partial charge in [0.05, 0.1) is 17.9 Å². The summed E-state index contributed by atoms with van der Waals surface area (Å²) in [6.07, 6.45) is 4.24. The van der Waals surface area contributed by atoms with Gasteiger partial charge in [0.25, 0.3) is 0 Å². The zero-order valence-corrected chi connectivity index (χ0v) is 13.9. The van der Waals surface area contributed by atoms with Gasteiger partial charge in [-0.2, -0.15) is 5.10 Å². The minimum absolute atomic E-state index is 0.0602. The summed E-state index contributed by atoms with van der Waals surface area (Å²) in [5.41, 5.74) is 7.93. The van der Waals surface area contributed by atoms with Crippen LogP contribution < -0.4 is 16.4 Å². The molecule has 6 heteroatoms. The molecular weight excluding hydrogens is 302 g/mol. The van der Waals surface area contributed by atoms with Crippen molar-refractivity contribution in [2.45, 2.75) is 25.7 Å². The maximum absolute atomic E-state index is 11.7. The molecule has 1 heterocycles. The Morgan fingerprint density at radius 3 is 2.83 bits per heavy atom. The SMILES string of the molecule is Nc1cc(CCCNC(=O)CNCC2CC2)nn1-c1ccccc1. The number of nitrogens with two attached hydrogens (primary N) is 1. The van der Waals surface area contributed by atoms with E-state index in [1.54, 1.807) is 4.68 Å². The van der Waals surface area contributed by atoms with E-state index in [-0.39, 0.29) is 5.91 Å². The van der Waals surface area contributed by atoms with Crippen molar-refractivity contribution in [3.63, 3.8) is 0 Å². The predicted octanol–water partition coefficient (Wildman–Crippen LogP) is 1.50. The Morgan fingerprint density at radius 1 is 1.29 bits per heavy atom. The lowest BCUT2D eigenvalue weighted by Gasteiger charge is -2.05. The number of para-hydroxylation sites is 1. The number of aromatic nitrogens is 2. The first-order chi connectivity index (χ1) is 11.7. The molecule has 0 spiro atoms. The van der Waals surface area contributed by atoms with Crippen molar-refractivity contribution in [1.82, 2.24) is 20.4 Å². The fourth-order valence-electron chi connectivity index (χ4n) is 2.62. The molecule has 1 fully saturated rings. The van der Waals surface area contributed by atoms with Crippen molar-refractivity contribution in [3.8, 4) is 5.69 Å². The third kappa shape index (κ3) is 4.83. The average molecular weight is 327 g/mol. The molecule has 24 heavy (non-hydrogen) atoms. The van der Waals surface area contributed by atoms with Gasteiger partial charge in [0.2, 0.25) is 5.91 Å². The Hall–Kier alpha value is -2.34. The number of carbonyl (C=O) groups excluding carboxylic acids is 1. The number of nitrogens with one attached hydrogen (secondary N) is 2. The van der Waals surface area contributed by atoms with E-state index in [1.165, 1.54) is 12.8 Å². The summed E-state index contributed by atoms with van der Waals surface area (Å²) in [5, 5.41) is 10.7. The van der Waals surface area contributed by atoms with Crippen molar-refractivity contribution in [1.29, 1.82) is 0 Å². The van der Waals surface area contributed by atoms with Crippen LogP contribution in [-0.4, -0.2) is 35.3 Å². The molecule has 6 nitrogen and oxygen atoms in total. The summed E-state index contributed by atoms with van der Waals surface area (Å²) >= 11 is 0. The Kier molecular flexibility index (Phi) is 5.48. The molecule has 3 rings (SSSR count). The summed E-state index contributed by atoms with van der Waals surface area (Å²) in [6, 6.07) is 11.7. The second-order valence-corrected chi connectivity index (χ2v) is 6.34. The van der Waals surface area contributed by atoms with Crippen molar-refractivity contribution < 1.29 is 4.79 Å². The first-order valence-electron chi connectivity index (χ1n) is 8.59. The standard InChI is InChI=1S/C18H25N5O/c19-17-11-15(22-23(17)16-6-2-1-3-7-16)5-4-10-21-18(24)13-20-12-14-8-9-14/h1-3,6-7,11,14,20H,4-5,8-10,12-13,19H2,(H,21,24). The smallest absolute Gasteiger partial charge is 0.233 e. The molecule has 1 saturated carbocycles. The molecule has 1 aromatic carbocycles. The second-order valence-electron chi connectivity index (χ2n) is 6.34. The van der Waals surface area contributed by atoms with Gasteiger partial charge in [-0.1, -0.05) is 18.2 Å². The highest BCUT2D eigenvalue weighted by Gasteiger charge is 2.20. The first kappa shape index (κ1) is 16.5. The first-order valence-corrected chi connectivity index (χ1v) is 8.59. The predicted molar refractivity (Wildman–Crippen MR) is 94.9 cm³/mol. The summed E-state index contributed by atoms with van der Waals surface area (Å²) in [7, 11) is 0. The number of nitrogen functional groups attached to an aromatic ring is 1. The van der Waals surface area contributed by atoms with Gasteiger partial charge < -0.3 is 16.4 Å². The second kappa shape index (κ2) is 7.97. The molecule has 0 atom stereocenters. The van der Waals surface area contributed by atoms with E-state index >= 15 is 0 Å². The maximum atomic E-state index is 11.7. The van der Waals surface area contributed by atoms with Crippen LogP contribution in [0.2, 0.25) is 0 Å². The molecule has 2 aromatic rings. The van der Waals surface area contributed by atoms with Crippen LogP contribution in [0.5, 0.6) is 0 Å². The number of aryl methyl sites for hydroxylation is 1. The number of amides is 1. The summed E-state index contributed by atoms with van der Waals surface area (Å²) < 4.78 is 1.75. The van der Waals surface area contributed by atoms with E-state index in [1.807, 2.05) is 36.4 Å². The maximum Gasteiger partial charge on any atom is 0.233 e. The highest BCUT2D eigenvalue weighted by atomic mass is 16.1. The van der Waals surface area contributed by atoms with Gasteiger partial charge in [0.15, 0.2) is 0 Å². The zero-order chi connectivity index (χ0) is 16.8. The Bertz CT molecular complexity index is 663. The molecule has 0 radical (unpaired) electrons. The van der Waals surface area contributed by atoms with Gasteiger partial charge in [-0.15, -0.1) is 0 Å². The molecular formula is C18H25N5O. The third-order valence-corrected chi connectivity index (χ3v) is 4.14. The van der Waals surface area contributed by atoms with Crippen LogP contribution in [-0.2, 0) is 11.2 Å². The molecule has 1 aliphatic carbocycles. The van der Waals surface area contributed by atoms with Crippen LogP contribution in [0.1, 0.15) is 25.0 Å². The molecule has 0 aliphatic heterocycles. The summed E-state index contributed by atoms with van der Waals surface area (Å²) in [4.78, 5) is 11.7. The number of hydrogen-bond donors (Lipinski definition) is 3. The summed E-state index contributed by atoms with van der Waals surface area (Å²) in [5.74, 6) is 1.48. The lowest BCUT2D eigenvalue weighted by molar-refractivity contribution is -0.120. The quantitative estimate of drug-likeness (QED) is 0.609. The third-order valence-electron chi connectivity index (χ3n) is 4.14. The van der Waals surface area contributed by atoms with Crippen LogP contribution in [0.4, 0.5) is 5.82 Å². The van der Waals surface area contributed by atoms with Gasteiger partial charge in [-0.3, -0.25) is 4.79 Å². The van der Waals surface area contributed by atoms with E-state index in [2.05, 4.69) is 15.7 Å². The Balaban J connectivity index is 1.38. The van der Waals surface area contributed by atoms with E-state index in [9.17, 15) is 4.79 Å². The normalized spacial score (nSPS) is 13.8. The van der Waals surface area contributed by atoms with Gasteiger partial charge in [-0.25, -0.2) is 4.68 Å². The topological polar surface area (TPSA) is 85.0 Å². The number of benzene rings is 1. The molecule has 128 valence electrons. The Morgan fingerprint density at radius 2 is 2.08 bits per heavy atom. The van der Waals surface area contributed by atoms with Crippen LogP contribution in [0.15, 0.2) is 36.4 Å². The summed E-state index contributed by atoms with van der Waals surface area (Å²) in [6.45, 7) is 2.03. The number of nitrogens with zero attached hydrogens (tertiary/aromatic N) is 2. The zero-order valence-electron chi connectivity index (χ0n) is 13.9. The average Bonchev–Trinajstić information content (AvgIpc) is 3.34. The fraction of sp³-hybridized carbons (Fsp3) is 0.444. The van der Waals surface area contributed by atoms with E-state index in [4.69, 9.17) is 5.73 Å². The number of carbonyl (C=O) groups is 1. The molecule has 0 unspecified atom stereocenters. The molecule has 1 aliphatic rings. The van der Waals surface area contributed by atoms with Gasteiger partial charge in [-0.05, 0) is 50.3 Å². The fourth-order valence-corrected chi connectivity index (χ4v) is 2.62. The van der Waals surface area contributed by atoms with Crippen molar-refractivity contribution >= 4 is 11.7 Å². The van der Waals surface area contributed by atoms with Crippen LogP contribution in [0.3, 0.4) is 0 Å². The lowest BCUT2D eigenvalue weighted by Crippen LogP contribution is -2.35. The molecule has 1 aromatic heterocycles.